The Balaban J connectivity index is 1.47. The van der Waals surface area contributed by atoms with Crippen molar-refractivity contribution in [3.05, 3.63) is 82.3 Å². The summed E-state index contributed by atoms with van der Waals surface area (Å²) < 4.78 is 11.2. The van der Waals surface area contributed by atoms with Crippen LogP contribution in [0, 0.1) is 6.92 Å². The van der Waals surface area contributed by atoms with E-state index in [0.717, 1.165) is 11.3 Å². The van der Waals surface area contributed by atoms with Gasteiger partial charge in [0.2, 0.25) is 17.6 Å². The predicted molar refractivity (Wildman–Crippen MR) is 113 cm³/mol. The summed E-state index contributed by atoms with van der Waals surface area (Å²) in [6.07, 6.45) is 1.48. The number of hydrogen-bond donors (Lipinski definition) is 1. The first kappa shape index (κ1) is 19.2. The number of ether oxygens (including phenoxy) is 1. The molecule has 0 fully saturated rings. The van der Waals surface area contributed by atoms with E-state index in [4.69, 9.17) is 32.5 Å². The van der Waals surface area contributed by atoms with E-state index in [0.29, 0.717) is 34.1 Å². The number of hydrogen-bond acceptors (Lipinski definition) is 6. The van der Waals surface area contributed by atoms with Gasteiger partial charge in [-0.2, -0.15) is 4.98 Å². The molecular formula is C21H16Cl2N4O2. The molecule has 29 heavy (non-hydrogen) atoms. The zero-order valence-corrected chi connectivity index (χ0v) is 16.9. The molecule has 146 valence electrons. The standard InChI is InChI=1S/C21H16Cl2N4O2/c1-13-6-8-14(9-7-13)20-26-19(29-27-20)12-24-17-4-2-3-5-18(17)28-21-16(23)10-15(22)11-25-21/h2-11,24H,12H2,1H3. The van der Waals surface area contributed by atoms with Crippen LogP contribution in [-0.2, 0) is 6.54 Å². The van der Waals surface area contributed by atoms with Crippen molar-refractivity contribution < 1.29 is 9.26 Å². The third-order valence-electron chi connectivity index (χ3n) is 4.08. The first-order valence-electron chi connectivity index (χ1n) is 8.80. The highest BCUT2D eigenvalue weighted by Gasteiger charge is 2.12. The Morgan fingerprint density at radius 2 is 1.86 bits per heavy atom. The third-order valence-corrected chi connectivity index (χ3v) is 4.55. The minimum absolute atomic E-state index is 0.268. The molecule has 0 aliphatic carbocycles. The van der Waals surface area contributed by atoms with Crippen LogP contribution in [0.25, 0.3) is 11.4 Å². The summed E-state index contributed by atoms with van der Waals surface area (Å²) in [6, 6.07) is 16.9. The molecule has 2 heterocycles. The average molecular weight is 427 g/mol. The third kappa shape index (κ3) is 4.67. The Bertz CT molecular complexity index is 1130. The average Bonchev–Trinajstić information content (AvgIpc) is 3.19. The fourth-order valence-corrected chi connectivity index (χ4v) is 3.02. The number of halogens is 2. The number of nitrogens with one attached hydrogen (secondary N) is 1. The molecule has 2 aromatic carbocycles. The van der Waals surface area contributed by atoms with Crippen molar-refractivity contribution in [2.24, 2.45) is 0 Å². The molecule has 4 rings (SSSR count). The van der Waals surface area contributed by atoms with Gasteiger partial charge in [-0.05, 0) is 25.1 Å². The lowest BCUT2D eigenvalue weighted by Gasteiger charge is -2.12. The van der Waals surface area contributed by atoms with Crippen LogP contribution in [-0.4, -0.2) is 15.1 Å². The quantitative estimate of drug-likeness (QED) is 0.398. The summed E-state index contributed by atoms with van der Waals surface area (Å²) in [7, 11) is 0. The molecule has 6 nitrogen and oxygen atoms in total. The van der Waals surface area contributed by atoms with Crippen molar-refractivity contribution in [3.8, 4) is 23.0 Å². The van der Waals surface area contributed by atoms with Crippen LogP contribution in [0.2, 0.25) is 10.0 Å². The maximum Gasteiger partial charge on any atom is 0.246 e. The SMILES string of the molecule is Cc1ccc(-c2noc(CNc3ccccc3Oc3ncc(Cl)cc3Cl)n2)cc1. The minimum atomic E-state index is 0.268. The Morgan fingerprint density at radius 3 is 2.66 bits per heavy atom. The first-order chi connectivity index (χ1) is 14.1. The van der Waals surface area contributed by atoms with Crippen LogP contribution in [0.4, 0.5) is 5.69 Å². The highest BCUT2D eigenvalue weighted by atomic mass is 35.5. The van der Waals surface area contributed by atoms with Crippen LogP contribution >= 0.6 is 23.2 Å². The molecule has 0 saturated heterocycles. The van der Waals surface area contributed by atoms with Crippen LogP contribution in [0.3, 0.4) is 0 Å². The van der Waals surface area contributed by atoms with Crippen molar-refractivity contribution in [2.75, 3.05) is 5.32 Å². The zero-order valence-electron chi connectivity index (χ0n) is 15.4. The molecular weight excluding hydrogens is 411 g/mol. The summed E-state index contributed by atoms with van der Waals surface area (Å²) >= 11 is 12.0. The summed E-state index contributed by atoms with van der Waals surface area (Å²) in [5.74, 6) is 1.83. The number of pyridine rings is 1. The molecule has 2 aromatic heterocycles. The van der Waals surface area contributed by atoms with E-state index < -0.39 is 0 Å². The molecule has 0 aliphatic rings. The zero-order chi connectivity index (χ0) is 20.2. The van der Waals surface area contributed by atoms with Gasteiger partial charge in [0.05, 0.1) is 17.3 Å². The van der Waals surface area contributed by atoms with Gasteiger partial charge in [-0.3, -0.25) is 0 Å². The second-order valence-corrected chi connectivity index (χ2v) is 7.11. The fraction of sp³-hybridized carbons (Fsp3) is 0.0952. The van der Waals surface area contributed by atoms with E-state index in [9.17, 15) is 0 Å². The highest BCUT2D eigenvalue weighted by molar-refractivity contribution is 6.35. The van der Waals surface area contributed by atoms with E-state index in [2.05, 4.69) is 20.4 Å². The van der Waals surface area contributed by atoms with E-state index in [-0.39, 0.29) is 5.88 Å². The molecule has 1 N–H and O–H groups in total. The largest absolute Gasteiger partial charge is 0.435 e. The van der Waals surface area contributed by atoms with E-state index in [1.807, 2.05) is 49.4 Å². The normalized spacial score (nSPS) is 10.7. The number of rotatable bonds is 6. The van der Waals surface area contributed by atoms with Gasteiger partial charge in [0.15, 0.2) is 5.75 Å². The number of anilines is 1. The van der Waals surface area contributed by atoms with E-state index >= 15 is 0 Å². The number of nitrogens with zero attached hydrogens (tertiary/aromatic N) is 3. The van der Waals surface area contributed by atoms with Crippen LogP contribution in [0.15, 0.2) is 65.3 Å². The van der Waals surface area contributed by atoms with Crippen molar-refractivity contribution in [1.82, 2.24) is 15.1 Å². The molecule has 0 radical (unpaired) electrons. The van der Waals surface area contributed by atoms with Gasteiger partial charge in [0, 0.05) is 11.8 Å². The monoisotopic (exact) mass is 426 g/mol. The molecule has 0 aliphatic heterocycles. The molecule has 4 aromatic rings. The van der Waals surface area contributed by atoms with Crippen LogP contribution in [0.1, 0.15) is 11.5 Å². The van der Waals surface area contributed by atoms with E-state index in [1.54, 1.807) is 12.1 Å². The Morgan fingerprint density at radius 1 is 1.07 bits per heavy atom. The maximum atomic E-state index is 6.15. The van der Waals surface area contributed by atoms with Gasteiger partial charge in [0.1, 0.15) is 5.02 Å². The molecule has 0 saturated carbocycles. The van der Waals surface area contributed by atoms with Crippen molar-refractivity contribution >= 4 is 28.9 Å². The lowest BCUT2D eigenvalue weighted by atomic mass is 10.1. The van der Waals surface area contributed by atoms with Gasteiger partial charge in [-0.15, -0.1) is 0 Å². The van der Waals surface area contributed by atoms with Gasteiger partial charge < -0.3 is 14.6 Å². The van der Waals surface area contributed by atoms with Crippen molar-refractivity contribution in [3.63, 3.8) is 0 Å². The van der Waals surface area contributed by atoms with Gasteiger partial charge >= 0.3 is 0 Å². The van der Waals surface area contributed by atoms with Crippen molar-refractivity contribution in [2.45, 2.75) is 13.5 Å². The molecule has 0 unspecified atom stereocenters. The predicted octanol–water partition coefficient (Wildman–Crippen LogP) is 6.15. The number of aryl methyl sites for hydroxylation is 1. The molecule has 0 bridgehead atoms. The van der Waals surface area contributed by atoms with Gasteiger partial charge in [-0.25, -0.2) is 4.98 Å². The number of aromatic nitrogens is 3. The summed E-state index contributed by atoms with van der Waals surface area (Å²) in [6.45, 7) is 2.36. The fourth-order valence-electron chi connectivity index (χ4n) is 2.60. The minimum Gasteiger partial charge on any atom is -0.435 e. The Labute approximate surface area is 177 Å². The van der Waals surface area contributed by atoms with E-state index in [1.165, 1.54) is 11.8 Å². The van der Waals surface area contributed by atoms with Crippen molar-refractivity contribution in [1.29, 1.82) is 0 Å². The summed E-state index contributed by atoms with van der Waals surface area (Å²) in [5, 5.41) is 8.04. The van der Waals surface area contributed by atoms with Crippen LogP contribution < -0.4 is 10.1 Å². The Kier molecular flexibility index (Phi) is 5.64. The van der Waals surface area contributed by atoms with Crippen LogP contribution in [0.5, 0.6) is 11.6 Å². The van der Waals surface area contributed by atoms with Gasteiger partial charge in [0.25, 0.3) is 0 Å². The Hall–Kier alpha value is -3.09. The summed E-state index contributed by atoms with van der Waals surface area (Å²) in [4.78, 5) is 8.55. The number of benzene rings is 2. The first-order valence-corrected chi connectivity index (χ1v) is 9.55. The molecule has 0 amide bonds. The number of para-hydroxylation sites is 2. The summed E-state index contributed by atoms with van der Waals surface area (Å²) in [5.41, 5.74) is 2.80. The van der Waals surface area contributed by atoms with Gasteiger partial charge in [-0.1, -0.05) is 70.3 Å². The molecule has 8 heteroatoms. The topological polar surface area (TPSA) is 73.1 Å². The lowest BCUT2D eigenvalue weighted by Crippen LogP contribution is -2.02. The second-order valence-electron chi connectivity index (χ2n) is 6.27. The maximum absolute atomic E-state index is 6.15. The molecule has 0 spiro atoms. The molecule has 0 atom stereocenters. The highest BCUT2D eigenvalue weighted by Crippen LogP contribution is 2.33. The second kappa shape index (κ2) is 8.51. The smallest absolute Gasteiger partial charge is 0.246 e. The lowest BCUT2D eigenvalue weighted by molar-refractivity contribution is 0.383.